The molecule has 0 aliphatic heterocycles. The highest BCUT2D eigenvalue weighted by Gasteiger charge is 2.06. The van der Waals surface area contributed by atoms with Gasteiger partial charge in [-0.2, -0.15) is 0 Å². The zero-order valence-corrected chi connectivity index (χ0v) is 12.8. The molecule has 0 radical (unpaired) electrons. The molecule has 0 saturated carbocycles. The Balaban J connectivity index is 2.20. The monoisotopic (exact) mass is 339 g/mol. The predicted molar refractivity (Wildman–Crippen MR) is 81.9 cm³/mol. The molecule has 0 aliphatic rings. The van der Waals surface area contributed by atoms with E-state index in [1.54, 1.807) is 12.1 Å². The van der Waals surface area contributed by atoms with E-state index in [1.807, 2.05) is 24.3 Å². The average molecular weight is 340 g/mol. The largest absolute Gasteiger partial charge is 0.284 e. The molecule has 0 unspecified atom stereocenters. The summed E-state index contributed by atoms with van der Waals surface area (Å²) in [6.45, 7) is 0. The summed E-state index contributed by atoms with van der Waals surface area (Å²) >= 11 is 3.48. The van der Waals surface area contributed by atoms with Gasteiger partial charge in [-0.1, -0.05) is 52.3 Å². The lowest BCUT2D eigenvalue weighted by atomic mass is 10.1. The zero-order valence-electron chi connectivity index (χ0n) is 10.4. The van der Waals surface area contributed by atoms with Gasteiger partial charge in [-0.05, 0) is 29.7 Å². The molecule has 0 saturated heterocycles. The second kappa shape index (κ2) is 5.75. The maximum atomic E-state index is 11.2. The number of nitrogens with one attached hydrogen (secondary N) is 1. The first-order valence-corrected chi connectivity index (χ1v) is 8.42. The number of hydrogen-bond acceptors (Lipinski definition) is 2. The maximum Gasteiger partial charge on any atom is 0.229 e. The number of hydrogen-bond donors (Lipinski definition) is 1. The van der Waals surface area contributed by atoms with Crippen LogP contribution in [0.25, 0.3) is 0 Å². The molecule has 3 nitrogen and oxygen atoms in total. The summed E-state index contributed by atoms with van der Waals surface area (Å²) in [5.41, 5.74) is 2.89. The fourth-order valence-corrected chi connectivity index (χ4v) is 2.86. The van der Waals surface area contributed by atoms with Crippen LogP contribution in [0.3, 0.4) is 0 Å². The molecule has 0 fully saturated rings. The average Bonchev–Trinajstić information content (AvgIpc) is 2.32. The summed E-state index contributed by atoms with van der Waals surface area (Å²) in [5, 5.41) is 0. The van der Waals surface area contributed by atoms with Crippen LogP contribution in [0.15, 0.2) is 53.0 Å². The quantitative estimate of drug-likeness (QED) is 0.927. The summed E-state index contributed by atoms with van der Waals surface area (Å²) < 4.78 is 25.7. The molecule has 0 heterocycles. The first kappa shape index (κ1) is 14.1. The summed E-state index contributed by atoms with van der Waals surface area (Å²) in [7, 11) is -3.24. The Kier molecular flexibility index (Phi) is 4.27. The Hall–Kier alpha value is -1.33. The van der Waals surface area contributed by atoms with Crippen molar-refractivity contribution in [2.24, 2.45) is 0 Å². The normalized spacial score (nSPS) is 11.3. The van der Waals surface area contributed by atoms with Crippen molar-refractivity contribution in [3.63, 3.8) is 0 Å². The fourth-order valence-electron chi connectivity index (χ4n) is 1.78. The van der Waals surface area contributed by atoms with E-state index in [4.69, 9.17) is 0 Å². The van der Waals surface area contributed by atoms with Gasteiger partial charge in [-0.15, -0.1) is 0 Å². The smallest absolute Gasteiger partial charge is 0.229 e. The van der Waals surface area contributed by atoms with E-state index >= 15 is 0 Å². The van der Waals surface area contributed by atoms with Gasteiger partial charge < -0.3 is 0 Å². The molecule has 0 atom stereocenters. The molecule has 100 valence electrons. The van der Waals surface area contributed by atoms with Crippen LogP contribution in [0.2, 0.25) is 0 Å². The molecule has 2 aromatic rings. The highest BCUT2D eigenvalue weighted by Crippen LogP contribution is 2.24. The van der Waals surface area contributed by atoms with Gasteiger partial charge >= 0.3 is 0 Å². The van der Waals surface area contributed by atoms with Gasteiger partial charge in [0.2, 0.25) is 10.0 Å². The van der Waals surface area contributed by atoms with Crippen molar-refractivity contribution in [1.82, 2.24) is 0 Å². The number of rotatable bonds is 4. The fraction of sp³-hybridized carbons (Fsp3) is 0.143. The Labute approximate surface area is 121 Å². The Morgan fingerprint density at radius 3 is 2.37 bits per heavy atom. The number of sulfonamides is 1. The molecule has 0 bridgehead atoms. The van der Waals surface area contributed by atoms with Crippen molar-refractivity contribution < 1.29 is 8.42 Å². The maximum absolute atomic E-state index is 11.2. The highest BCUT2D eigenvalue weighted by molar-refractivity contribution is 9.10. The van der Waals surface area contributed by atoms with Crippen molar-refractivity contribution in [2.45, 2.75) is 6.42 Å². The lowest BCUT2D eigenvalue weighted by molar-refractivity contribution is 0.607. The first-order valence-electron chi connectivity index (χ1n) is 5.74. The minimum Gasteiger partial charge on any atom is -0.284 e. The molecule has 5 heteroatoms. The predicted octanol–water partition coefficient (Wildman–Crippen LogP) is 3.41. The second-order valence-electron chi connectivity index (χ2n) is 4.34. The van der Waals surface area contributed by atoms with Crippen molar-refractivity contribution in [2.75, 3.05) is 11.0 Å². The van der Waals surface area contributed by atoms with E-state index in [0.717, 1.165) is 22.7 Å². The van der Waals surface area contributed by atoms with Gasteiger partial charge in [0.1, 0.15) is 0 Å². The molecule has 0 amide bonds. The third-order valence-electron chi connectivity index (χ3n) is 2.59. The number of halogens is 1. The van der Waals surface area contributed by atoms with Gasteiger partial charge in [-0.25, -0.2) is 8.42 Å². The van der Waals surface area contributed by atoms with Crippen LogP contribution in [0.1, 0.15) is 11.1 Å². The van der Waals surface area contributed by atoms with Crippen LogP contribution in [0.5, 0.6) is 0 Å². The van der Waals surface area contributed by atoms with Crippen LogP contribution in [-0.4, -0.2) is 14.7 Å². The van der Waals surface area contributed by atoms with Gasteiger partial charge in [0.15, 0.2) is 0 Å². The Morgan fingerprint density at radius 1 is 1.11 bits per heavy atom. The lowest BCUT2D eigenvalue weighted by Crippen LogP contribution is -2.09. The van der Waals surface area contributed by atoms with Crippen LogP contribution in [0.4, 0.5) is 5.69 Å². The molecule has 2 rings (SSSR count). The SMILES string of the molecule is CS(=O)(=O)Nc1ccc(Cc2ccccc2)c(Br)c1. The van der Waals surface area contributed by atoms with E-state index in [2.05, 4.69) is 32.8 Å². The molecule has 0 aliphatic carbocycles. The van der Waals surface area contributed by atoms with Gasteiger partial charge in [0.05, 0.1) is 6.26 Å². The van der Waals surface area contributed by atoms with Crippen molar-refractivity contribution in [3.05, 3.63) is 64.1 Å². The summed E-state index contributed by atoms with van der Waals surface area (Å²) in [4.78, 5) is 0. The molecule has 19 heavy (non-hydrogen) atoms. The summed E-state index contributed by atoms with van der Waals surface area (Å²) in [6, 6.07) is 15.6. The van der Waals surface area contributed by atoms with E-state index in [1.165, 1.54) is 5.56 Å². The standard InChI is InChI=1S/C14H14BrNO2S/c1-19(17,18)16-13-8-7-12(14(15)10-13)9-11-5-3-2-4-6-11/h2-8,10,16H,9H2,1H3. The van der Waals surface area contributed by atoms with E-state index in [0.29, 0.717) is 5.69 Å². The molecule has 0 spiro atoms. The van der Waals surface area contributed by atoms with Crippen molar-refractivity contribution in [1.29, 1.82) is 0 Å². The van der Waals surface area contributed by atoms with Crippen LogP contribution in [0, 0.1) is 0 Å². The number of anilines is 1. The zero-order chi connectivity index (χ0) is 13.9. The molecular formula is C14H14BrNO2S. The molecular weight excluding hydrogens is 326 g/mol. The minimum atomic E-state index is -3.24. The molecule has 2 aromatic carbocycles. The minimum absolute atomic E-state index is 0.561. The molecule has 1 N–H and O–H groups in total. The van der Waals surface area contributed by atoms with Crippen LogP contribution < -0.4 is 4.72 Å². The lowest BCUT2D eigenvalue weighted by Gasteiger charge is -2.08. The third-order valence-corrected chi connectivity index (χ3v) is 3.94. The second-order valence-corrected chi connectivity index (χ2v) is 6.95. The Morgan fingerprint density at radius 2 is 1.79 bits per heavy atom. The summed E-state index contributed by atoms with van der Waals surface area (Å²) in [5.74, 6) is 0. The summed E-state index contributed by atoms with van der Waals surface area (Å²) in [6.07, 6.45) is 1.94. The van der Waals surface area contributed by atoms with Gasteiger partial charge in [0.25, 0.3) is 0 Å². The topological polar surface area (TPSA) is 46.2 Å². The van der Waals surface area contributed by atoms with Crippen LogP contribution in [-0.2, 0) is 16.4 Å². The van der Waals surface area contributed by atoms with Gasteiger partial charge in [-0.3, -0.25) is 4.72 Å². The van der Waals surface area contributed by atoms with Crippen molar-refractivity contribution >= 4 is 31.6 Å². The van der Waals surface area contributed by atoms with Crippen molar-refractivity contribution in [3.8, 4) is 0 Å². The highest BCUT2D eigenvalue weighted by atomic mass is 79.9. The van der Waals surface area contributed by atoms with E-state index in [9.17, 15) is 8.42 Å². The number of benzene rings is 2. The van der Waals surface area contributed by atoms with E-state index in [-0.39, 0.29) is 0 Å². The van der Waals surface area contributed by atoms with Crippen LogP contribution >= 0.6 is 15.9 Å². The third kappa shape index (κ3) is 4.36. The molecule has 0 aromatic heterocycles. The Bertz CT molecular complexity index is 669. The van der Waals surface area contributed by atoms with E-state index < -0.39 is 10.0 Å². The van der Waals surface area contributed by atoms with Gasteiger partial charge in [0, 0.05) is 10.2 Å². The first-order chi connectivity index (χ1) is 8.94.